The highest BCUT2D eigenvalue weighted by Gasteiger charge is 2.18. The Hall–Kier alpha value is -6.80. The van der Waals surface area contributed by atoms with Crippen LogP contribution in [-0.4, -0.2) is 19.9 Å². The number of unbranched alkanes of at least 4 members (excludes halogenated alkanes) is 8. The monoisotopic (exact) mass is 903 g/mol. The molecule has 0 radical (unpaired) electrons. The maximum atomic E-state index is 5.54. The summed E-state index contributed by atoms with van der Waals surface area (Å²) in [5, 5.41) is 0. The Balaban J connectivity index is 1.07. The number of nitrogens with one attached hydrogen (secondary N) is 2. The first-order valence-corrected chi connectivity index (χ1v) is 25.6. The molecule has 0 amide bonds. The minimum atomic E-state index is 0.937. The molecule has 0 saturated carbocycles. The van der Waals surface area contributed by atoms with Crippen LogP contribution in [-0.2, 0) is 51.9 Å². The highest BCUT2D eigenvalue weighted by atomic mass is 14.9. The van der Waals surface area contributed by atoms with Crippen molar-refractivity contribution in [1.82, 2.24) is 19.9 Å². The molecule has 7 aromatic rings. The molecule has 2 aliphatic heterocycles. The predicted molar refractivity (Wildman–Crippen MR) is 276 cm³/mol. The van der Waals surface area contributed by atoms with E-state index in [4.69, 9.17) is 9.97 Å². The van der Waals surface area contributed by atoms with Crippen molar-refractivity contribution in [2.24, 2.45) is 0 Å². The van der Waals surface area contributed by atoms with Crippen LogP contribution in [0.5, 0.6) is 0 Å². The van der Waals surface area contributed by atoms with Gasteiger partial charge in [-0.3, -0.25) is 0 Å². The summed E-state index contributed by atoms with van der Waals surface area (Å²) < 4.78 is 9.17. The summed E-state index contributed by atoms with van der Waals surface area (Å²) >= 11 is 0. The number of aryl methyl sites for hydroxylation is 7. The lowest BCUT2D eigenvalue weighted by atomic mass is 10.0. The number of aromatic nitrogens is 8. The number of rotatable bonds is 24. The molecule has 0 saturated heterocycles. The summed E-state index contributed by atoms with van der Waals surface area (Å²) in [6.45, 7) is 4.13. The smallest absolute Gasteiger partial charge is 0.168 e. The molecule has 9 heterocycles. The molecule has 0 fully saturated rings. The van der Waals surface area contributed by atoms with E-state index in [1.165, 1.54) is 44.3 Å². The van der Waals surface area contributed by atoms with Gasteiger partial charge in [-0.25, -0.2) is 28.2 Å². The van der Waals surface area contributed by atoms with Crippen molar-refractivity contribution in [1.29, 1.82) is 0 Å². The molecule has 0 unspecified atom stereocenters. The van der Waals surface area contributed by atoms with Crippen LogP contribution in [0.15, 0.2) is 147 Å². The lowest BCUT2D eigenvalue weighted by molar-refractivity contribution is -0.697. The van der Waals surface area contributed by atoms with E-state index >= 15 is 0 Å². The Kier molecular flexibility index (Phi) is 16.5. The lowest BCUT2D eigenvalue weighted by Crippen LogP contribution is -2.32. The summed E-state index contributed by atoms with van der Waals surface area (Å²) in [6, 6.07) is 34.6. The number of nitrogens with zero attached hydrogens (tertiary/aromatic N) is 6. The molecule has 0 aliphatic carbocycles. The largest absolute Gasteiger partial charge is 0.355 e. The number of pyridine rings is 4. The SMILES string of the molecule is C1=Cc2nc1c(CCCCC[n+]1ccccc1)c1nc(c(CCCCC[n+]3ccccc3)c3ccc([nH]3)c(CCCCC[n+]3ccccc3)c3ccc([nH]3)c2CCCCC[n+]2ccccc2)C=C1. The van der Waals surface area contributed by atoms with Crippen LogP contribution in [0.25, 0.3) is 46.4 Å². The average molecular weight is 903 g/mol. The molecule has 68 heavy (non-hydrogen) atoms. The van der Waals surface area contributed by atoms with Gasteiger partial charge in [-0.1, -0.05) is 24.3 Å². The van der Waals surface area contributed by atoms with E-state index in [1.807, 2.05) is 0 Å². The van der Waals surface area contributed by atoms with E-state index < -0.39 is 0 Å². The van der Waals surface area contributed by atoms with Crippen molar-refractivity contribution in [3.05, 3.63) is 192 Å². The standard InChI is InChI=1S/C60H70N8/c1(13-37-65-41-17-5-18-42-65)9-25-49-53-29-31-55(61-53)50(26-10-2-14-38-66-43-19-6-20-44-66)57-33-35-59(63-57)52(28-12-4-16-40-68-47-23-8-24-48-68)60-36-34-58(64-60)51(56-32-30-54(49)62-56)27-11-3-15-39-67-45-21-7-22-46-67/h5-8,17-24,29-36,41-48,61-62H,1-4,9-16,25-28,37-40H2/q+4. The van der Waals surface area contributed by atoms with Gasteiger partial charge in [-0.15, -0.1) is 0 Å². The van der Waals surface area contributed by atoms with E-state index in [-0.39, 0.29) is 0 Å². The molecular formula is C60H70N8+4. The van der Waals surface area contributed by atoms with E-state index in [9.17, 15) is 0 Å². The van der Waals surface area contributed by atoms with Crippen LogP contribution in [0.2, 0.25) is 0 Å². The fourth-order valence-electron chi connectivity index (χ4n) is 9.92. The van der Waals surface area contributed by atoms with Gasteiger partial charge < -0.3 is 9.97 Å². The number of aromatic amines is 2. The molecule has 7 aromatic heterocycles. The first kappa shape index (κ1) is 46.3. The Bertz CT molecular complexity index is 2750. The molecule has 0 spiro atoms. The molecule has 8 heteroatoms. The second kappa shape index (κ2) is 24.3. The van der Waals surface area contributed by atoms with E-state index in [1.54, 1.807) is 0 Å². The van der Waals surface area contributed by atoms with Crippen LogP contribution in [0.3, 0.4) is 0 Å². The van der Waals surface area contributed by atoms with Gasteiger partial charge in [0.05, 0.1) is 22.8 Å². The number of fused-ring (bicyclic) bond motifs is 8. The van der Waals surface area contributed by atoms with Crippen LogP contribution >= 0.6 is 0 Å². The molecule has 0 atom stereocenters. The summed E-state index contributed by atoms with van der Waals surface area (Å²) in [7, 11) is 0. The minimum Gasteiger partial charge on any atom is -0.355 e. The Morgan fingerprint density at radius 2 is 0.544 bits per heavy atom. The van der Waals surface area contributed by atoms with E-state index in [0.717, 1.165) is 152 Å². The zero-order valence-electron chi connectivity index (χ0n) is 40.0. The summed E-state index contributed by atoms with van der Waals surface area (Å²) in [6.07, 6.45) is 43.9. The van der Waals surface area contributed by atoms with Crippen LogP contribution in [0.4, 0.5) is 0 Å². The quantitative estimate of drug-likeness (QED) is 0.0468. The lowest BCUT2D eigenvalue weighted by Gasteiger charge is -2.07. The third-order valence-electron chi connectivity index (χ3n) is 13.7. The summed E-state index contributed by atoms with van der Waals surface area (Å²) in [5.41, 5.74) is 14.2. The molecule has 9 rings (SSSR count). The third-order valence-corrected chi connectivity index (χ3v) is 13.7. The predicted octanol–water partition coefficient (Wildman–Crippen LogP) is 11.5. The first-order chi connectivity index (χ1) is 33.7. The number of hydrogen-bond donors (Lipinski definition) is 2. The van der Waals surface area contributed by atoms with Crippen molar-refractivity contribution < 1.29 is 18.3 Å². The van der Waals surface area contributed by atoms with Gasteiger partial charge in [0, 0.05) is 113 Å². The molecule has 346 valence electrons. The van der Waals surface area contributed by atoms with Gasteiger partial charge >= 0.3 is 0 Å². The molecule has 0 aromatic carbocycles. The molecule has 8 nitrogen and oxygen atoms in total. The maximum absolute atomic E-state index is 5.54. The Morgan fingerprint density at radius 1 is 0.279 bits per heavy atom. The molecule has 2 aliphatic rings. The van der Waals surface area contributed by atoms with E-state index in [2.05, 4.69) is 199 Å². The third kappa shape index (κ3) is 12.8. The number of H-pyrrole nitrogens is 2. The van der Waals surface area contributed by atoms with Crippen LogP contribution in [0, 0.1) is 0 Å². The van der Waals surface area contributed by atoms with Crippen LogP contribution < -0.4 is 18.3 Å². The van der Waals surface area contributed by atoms with Crippen molar-refractivity contribution in [2.75, 3.05) is 0 Å². The van der Waals surface area contributed by atoms with Crippen molar-refractivity contribution >= 4 is 46.4 Å². The zero-order chi connectivity index (χ0) is 46.0. The average Bonchev–Trinajstić information content (AvgIpc) is 4.24. The van der Waals surface area contributed by atoms with Gasteiger partial charge in [0.1, 0.15) is 26.2 Å². The van der Waals surface area contributed by atoms with Gasteiger partial charge in [0.2, 0.25) is 0 Å². The molecule has 2 N–H and O–H groups in total. The van der Waals surface area contributed by atoms with Crippen molar-refractivity contribution in [3.63, 3.8) is 0 Å². The molecular weight excluding hydrogens is 833 g/mol. The second-order valence-corrected chi connectivity index (χ2v) is 18.6. The highest BCUT2D eigenvalue weighted by Crippen LogP contribution is 2.30. The fourth-order valence-corrected chi connectivity index (χ4v) is 9.92. The maximum Gasteiger partial charge on any atom is 0.168 e. The van der Waals surface area contributed by atoms with Crippen LogP contribution in [0.1, 0.15) is 122 Å². The minimum absolute atomic E-state index is 0.937. The normalized spacial score (nSPS) is 12.0. The fraction of sp³-hybridized carbons (Fsp3) is 0.333. The first-order valence-electron chi connectivity index (χ1n) is 25.6. The van der Waals surface area contributed by atoms with Gasteiger partial charge in [0.15, 0.2) is 49.6 Å². The molecule has 8 bridgehead atoms. The summed E-state index contributed by atoms with van der Waals surface area (Å²) in [5.74, 6) is 0. The van der Waals surface area contributed by atoms with E-state index in [0.29, 0.717) is 0 Å². The second-order valence-electron chi connectivity index (χ2n) is 18.6. The summed E-state index contributed by atoms with van der Waals surface area (Å²) in [4.78, 5) is 19.1. The van der Waals surface area contributed by atoms with Gasteiger partial charge in [0.25, 0.3) is 0 Å². The topological polar surface area (TPSA) is 72.9 Å². The van der Waals surface area contributed by atoms with Crippen molar-refractivity contribution in [2.45, 2.75) is 129 Å². The Morgan fingerprint density at radius 3 is 0.868 bits per heavy atom. The number of hydrogen-bond acceptors (Lipinski definition) is 2. The zero-order valence-corrected chi connectivity index (χ0v) is 40.0. The Labute approximate surface area is 403 Å². The van der Waals surface area contributed by atoms with Crippen molar-refractivity contribution in [3.8, 4) is 0 Å². The highest BCUT2D eigenvalue weighted by molar-refractivity contribution is 5.83. The van der Waals surface area contributed by atoms with Gasteiger partial charge in [-0.05, 0) is 131 Å². The van der Waals surface area contributed by atoms with Gasteiger partial charge in [-0.2, -0.15) is 0 Å².